The molecule has 0 heterocycles. The monoisotopic (exact) mass is 1280 g/mol. The summed E-state index contributed by atoms with van der Waals surface area (Å²) in [7, 11) is 0. The Balaban J connectivity index is 0.000000231. The van der Waals surface area contributed by atoms with Crippen LogP contribution in [0.2, 0.25) is 0 Å². The Morgan fingerprint density at radius 2 is 0.796 bits per heavy atom. The molecule has 0 N–H and O–H groups in total. The van der Waals surface area contributed by atoms with Crippen molar-refractivity contribution in [3.63, 3.8) is 0 Å². The van der Waals surface area contributed by atoms with Crippen molar-refractivity contribution < 1.29 is 42.9 Å². The number of unbranched alkanes of at least 4 members (excludes halogenated alkanes) is 3. The topological polar surface area (TPSA) is 114 Å². The van der Waals surface area contributed by atoms with Gasteiger partial charge in [-0.05, 0) is 184 Å². The van der Waals surface area contributed by atoms with Gasteiger partial charge in [-0.1, -0.05) is 177 Å². The van der Waals surface area contributed by atoms with Crippen molar-refractivity contribution >= 4 is 67.0 Å². The molecular weight excluding hydrogens is 1210 g/mol. The van der Waals surface area contributed by atoms with Crippen LogP contribution in [0.25, 0.3) is 43.1 Å². The molecule has 0 spiro atoms. The van der Waals surface area contributed by atoms with Crippen molar-refractivity contribution in [2.75, 3.05) is 26.4 Å². The summed E-state index contributed by atoms with van der Waals surface area (Å²) in [4.78, 5) is 45.0. The lowest BCUT2D eigenvalue weighted by molar-refractivity contribution is -0.138. The number of hydrogen-bond acceptors (Lipinski definition) is 9. The van der Waals surface area contributed by atoms with Gasteiger partial charge in [0.05, 0.1) is 26.4 Å². The highest BCUT2D eigenvalue weighted by molar-refractivity contribution is 5.96. The molecule has 9 nitrogen and oxygen atoms in total. The summed E-state index contributed by atoms with van der Waals surface area (Å²) < 4.78 is 26.1. The van der Waals surface area contributed by atoms with Crippen LogP contribution >= 0.6 is 0 Å². The van der Waals surface area contributed by atoms with Crippen LogP contribution in [-0.2, 0) is 46.2 Å². The molecule has 0 unspecified atom stereocenters. The quantitative estimate of drug-likeness (QED) is 0.0195. The van der Waals surface area contributed by atoms with E-state index in [4.69, 9.17) is 23.7 Å². The summed E-state index contributed by atoms with van der Waals surface area (Å²) in [5, 5.41) is 8.32. The Bertz CT molecular complexity index is 5070. The lowest BCUT2D eigenvalue weighted by atomic mass is 10.0. The van der Waals surface area contributed by atoms with E-state index in [1.165, 1.54) is 6.08 Å². The summed E-state index contributed by atoms with van der Waals surface area (Å²) in [6, 6.07) is 62.5. The minimum Gasteiger partial charge on any atom is -0.493 e. The average molecular weight is 1280 g/mol. The highest BCUT2D eigenvalue weighted by Gasteiger charge is 2.10. The van der Waals surface area contributed by atoms with Crippen LogP contribution in [0, 0.1) is 71.0 Å². The van der Waals surface area contributed by atoms with Crippen LogP contribution in [0.3, 0.4) is 0 Å². The van der Waals surface area contributed by atoms with Gasteiger partial charge in [-0.25, -0.2) is 19.2 Å². The van der Waals surface area contributed by atoms with E-state index in [1.807, 2.05) is 115 Å². The van der Waals surface area contributed by atoms with Crippen LogP contribution in [0.15, 0.2) is 239 Å². The van der Waals surface area contributed by atoms with Crippen LogP contribution in [0.4, 0.5) is 0 Å². The van der Waals surface area contributed by atoms with Gasteiger partial charge in [0, 0.05) is 111 Å². The predicted molar refractivity (Wildman–Crippen MR) is 393 cm³/mol. The van der Waals surface area contributed by atoms with Crippen molar-refractivity contribution in [3.05, 3.63) is 300 Å². The molecule has 98 heavy (non-hydrogen) atoms. The third-order valence-corrected chi connectivity index (χ3v) is 15.2. The first-order valence-corrected chi connectivity index (χ1v) is 32.2. The van der Waals surface area contributed by atoms with Crippen molar-refractivity contribution in [1.29, 1.82) is 0 Å². The van der Waals surface area contributed by atoms with Crippen molar-refractivity contribution in [1.82, 2.24) is 0 Å². The molecule has 0 aliphatic heterocycles. The molecule has 0 fully saturated rings. The second kappa shape index (κ2) is 36.6. The fourth-order valence-electron chi connectivity index (χ4n) is 10.0. The predicted octanol–water partition coefficient (Wildman–Crippen LogP) is 17.0. The number of hydrogen-bond donors (Lipinski definition) is 0. The van der Waals surface area contributed by atoms with Crippen LogP contribution in [0.5, 0.6) is 11.5 Å². The van der Waals surface area contributed by atoms with Crippen LogP contribution < -0.4 is 9.47 Å². The number of esters is 4. The molecule has 0 aliphatic rings. The molecule has 10 aromatic rings. The second-order valence-electron chi connectivity index (χ2n) is 22.2. The highest BCUT2D eigenvalue weighted by atomic mass is 16.5. The molecular formula is C89H70O9. The highest BCUT2D eigenvalue weighted by Crippen LogP contribution is 2.29. The van der Waals surface area contributed by atoms with E-state index in [0.29, 0.717) is 57.9 Å². The second-order valence-corrected chi connectivity index (χ2v) is 22.2. The third-order valence-electron chi connectivity index (χ3n) is 15.2. The largest absolute Gasteiger partial charge is 0.493 e. The first-order chi connectivity index (χ1) is 47.9. The maximum Gasteiger partial charge on any atom is 0.335 e. The number of rotatable bonds is 19. The van der Waals surface area contributed by atoms with E-state index < -0.39 is 17.9 Å². The van der Waals surface area contributed by atoms with Gasteiger partial charge < -0.3 is 23.7 Å². The lowest BCUT2D eigenvalue weighted by Crippen LogP contribution is -2.06. The molecule has 0 atom stereocenters. The number of carbonyl (C=O) groups excluding carboxylic acids is 4. The summed E-state index contributed by atoms with van der Waals surface area (Å²) in [5.41, 5.74) is 10.7. The number of ether oxygens (including phenoxy) is 5. The standard InChI is InChI=1S/C47H40O5.C42H30O4/c1-4-39-30-36(13-14-37-19-24-44-34-45(26-25-43(44)32-37)50-28-11-29-52-47(49)6-3)15-20-40(39)21-16-38-18-23-41-31-35(17-22-42(41)33-38)12-9-7-8-10-27-51-46(48)5-2;1-3-41(43)45-28-9-5-6-11-33-21-24-37-30-34(22-25-36(37)29-33)13-10-12-31-16-18-32(19-17-31)20-23-35-26-27-40(46-42(44)4-2)39-15-8-7-14-38(35)39/h5-6,15,17-20,22-26,30-34H,2-4,7-8,10-11,27-29H2,1H3;3-4,7-8,14-19,21-22,24-27,29-30H,1-2,5,9,12,28H2. The van der Waals surface area contributed by atoms with Gasteiger partial charge in [-0.3, -0.25) is 0 Å². The zero-order valence-electron chi connectivity index (χ0n) is 54.7. The Kier molecular flexibility index (Phi) is 26.0. The Morgan fingerprint density at radius 3 is 1.36 bits per heavy atom. The number of benzene rings is 10. The van der Waals surface area contributed by atoms with Gasteiger partial charge >= 0.3 is 23.9 Å². The number of carbonyl (C=O) groups is 4. The summed E-state index contributed by atoms with van der Waals surface area (Å²) in [5.74, 6) is 38.7. The van der Waals surface area contributed by atoms with Gasteiger partial charge in [-0.15, -0.1) is 0 Å². The fourth-order valence-corrected chi connectivity index (χ4v) is 10.0. The van der Waals surface area contributed by atoms with Crippen LogP contribution in [0.1, 0.15) is 107 Å². The zero-order chi connectivity index (χ0) is 68.7. The Hall–Kier alpha value is -12.8. The van der Waals surface area contributed by atoms with E-state index in [0.717, 1.165) is 154 Å². The summed E-state index contributed by atoms with van der Waals surface area (Å²) in [6.07, 6.45) is 10.5. The van der Waals surface area contributed by atoms with E-state index in [9.17, 15) is 19.2 Å². The summed E-state index contributed by atoms with van der Waals surface area (Å²) in [6.45, 7) is 17.2. The molecule has 0 aromatic heterocycles. The van der Waals surface area contributed by atoms with E-state index in [2.05, 4.69) is 171 Å². The molecule has 10 aromatic carbocycles. The molecule has 0 saturated heterocycles. The van der Waals surface area contributed by atoms with Crippen molar-refractivity contribution in [3.8, 4) is 82.5 Å². The fraction of sp³-hybridized carbons (Fsp3) is 0.146. The smallest absolute Gasteiger partial charge is 0.335 e. The molecule has 10 rings (SSSR count). The Labute approximate surface area is 573 Å². The molecule has 0 saturated carbocycles. The van der Waals surface area contributed by atoms with Gasteiger partial charge in [0.25, 0.3) is 0 Å². The van der Waals surface area contributed by atoms with E-state index in [-0.39, 0.29) is 5.97 Å². The molecule has 0 amide bonds. The average Bonchev–Trinajstić information content (AvgIpc) is 0.834. The van der Waals surface area contributed by atoms with Crippen LogP contribution in [-0.4, -0.2) is 50.3 Å². The van der Waals surface area contributed by atoms with Crippen molar-refractivity contribution in [2.45, 2.75) is 58.3 Å². The normalized spacial score (nSPS) is 10.0. The number of aryl methyl sites for hydroxylation is 1. The molecule has 9 heteroatoms. The first kappa shape index (κ1) is 69.6. The first-order valence-electron chi connectivity index (χ1n) is 32.2. The maximum atomic E-state index is 11.7. The van der Waals surface area contributed by atoms with Gasteiger partial charge in [0.2, 0.25) is 0 Å². The molecule has 0 aliphatic carbocycles. The third kappa shape index (κ3) is 21.4. The van der Waals surface area contributed by atoms with E-state index in [1.54, 1.807) is 6.07 Å². The SMILES string of the molecule is C=CC(=O)OCCCC#Cc1ccc2cc(C#CCc3ccc(C#Cc4ccc(OC(=O)C=C)c5ccccc45)cc3)ccc2c1.C=CC(=O)OCCCCC#Cc1ccc2cc(C#Cc3ccc(C#Cc4ccc5cc(OCCCOC(=O)C=C)ccc5c4)cc3CC)ccc2c1. The lowest BCUT2D eigenvalue weighted by Gasteiger charge is -2.08. The maximum absolute atomic E-state index is 11.7. The minimum atomic E-state index is -0.498. The summed E-state index contributed by atoms with van der Waals surface area (Å²) >= 11 is 0. The van der Waals surface area contributed by atoms with E-state index >= 15 is 0 Å². The Morgan fingerprint density at radius 1 is 0.367 bits per heavy atom. The zero-order valence-corrected chi connectivity index (χ0v) is 54.7. The van der Waals surface area contributed by atoms with Gasteiger partial charge in [-0.2, -0.15) is 0 Å². The van der Waals surface area contributed by atoms with Gasteiger partial charge in [0.15, 0.2) is 0 Å². The molecule has 480 valence electrons. The molecule has 0 radical (unpaired) electrons. The minimum absolute atomic E-state index is 0.296. The molecule has 0 bridgehead atoms. The number of fused-ring (bicyclic) bond motifs is 4. The van der Waals surface area contributed by atoms with Crippen molar-refractivity contribution in [2.24, 2.45) is 0 Å². The van der Waals surface area contributed by atoms with Gasteiger partial charge in [0.1, 0.15) is 11.5 Å².